The van der Waals surface area contributed by atoms with Crippen LogP contribution in [0.2, 0.25) is 5.02 Å². The second kappa shape index (κ2) is 11.4. The van der Waals surface area contributed by atoms with E-state index in [1.54, 1.807) is 25.3 Å². The van der Waals surface area contributed by atoms with Crippen molar-refractivity contribution in [3.63, 3.8) is 0 Å². The third-order valence-electron chi connectivity index (χ3n) is 6.58. The van der Waals surface area contributed by atoms with Crippen LogP contribution in [0.15, 0.2) is 48.8 Å². The van der Waals surface area contributed by atoms with Gasteiger partial charge in [0.2, 0.25) is 5.91 Å². The van der Waals surface area contributed by atoms with Gasteiger partial charge in [0, 0.05) is 49.5 Å². The maximum Gasteiger partial charge on any atom is 0.248 e. The van der Waals surface area contributed by atoms with Crippen LogP contribution in [0.25, 0.3) is 10.9 Å². The highest BCUT2D eigenvalue weighted by Gasteiger charge is 2.26. The minimum atomic E-state index is -0.501. The van der Waals surface area contributed by atoms with Crippen molar-refractivity contribution in [3.8, 4) is 5.75 Å². The third-order valence-corrected chi connectivity index (χ3v) is 6.87. The Kier molecular flexibility index (Phi) is 7.83. The number of amides is 1. The highest BCUT2D eigenvalue weighted by Crippen LogP contribution is 2.36. The van der Waals surface area contributed by atoms with E-state index in [9.17, 15) is 9.18 Å². The van der Waals surface area contributed by atoms with Gasteiger partial charge in [-0.1, -0.05) is 17.7 Å². The summed E-state index contributed by atoms with van der Waals surface area (Å²) in [6, 6.07) is 8.35. The molecule has 0 bridgehead atoms. The van der Waals surface area contributed by atoms with Gasteiger partial charge in [0.25, 0.3) is 0 Å². The first kappa shape index (κ1) is 25.4. The van der Waals surface area contributed by atoms with Gasteiger partial charge in [0.1, 0.15) is 23.7 Å². The van der Waals surface area contributed by atoms with Gasteiger partial charge in [-0.25, -0.2) is 14.4 Å². The average molecular weight is 526 g/mol. The number of nitrogens with one attached hydrogen (secondary N) is 2. The molecule has 2 N–H and O–H groups in total. The number of hydrogen-bond acceptors (Lipinski definition) is 7. The molecule has 8 nitrogen and oxygen atoms in total. The Labute approximate surface area is 219 Å². The summed E-state index contributed by atoms with van der Waals surface area (Å²) in [5.74, 6) is 0.837. The number of methoxy groups -OCH3 is 1. The summed E-state index contributed by atoms with van der Waals surface area (Å²) in [5.41, 5.74) is 1.75. The Morgan fingerprint density at radius 1 is 1.22 bits per heavy atom. The zero-order valence-corrected chi connectivity index (χ0v) is 21.3. The molecule has 3 aromatic rings. The molecule has 1 unspecified atom stereocenters. The molecule has 1 aromatic heterocycles. The van der Waals surface area contributed by atoms with E-state index in [4.69, 9.17) is 21.1 Å². The van der Waals surface area contributed by atoms with Crippen molar-refractivity contribution in [2.75, 3.05) is 44.0 Å². The number of carbonyl (C=O) groups excluding carboxylic acids is 1. The molecule has 1 saturated carbocycles. The monoisotopic (exact) mass is 525 g/mol. The van der Waals surface area contributed by atoms with Gasteiger partial charge in [-0.2, -0.15) is 0 Å². The highest BCUT2D eigenvalue weighted by atomic mass is 35.5. The fourth-order valence-corrected chi connectivity index (χ4v) is 4.37. The molecular formula is C27H29ClFN5O3. The minimum absolute atomic E-state index is 0.00521. The highest BCUT2D eigenvalue weighted by molar-refractivity contribution is 6.31. The first-order chi connectivity index (χ1) is 18.0. The number of aromatic nitrogens is 2. The van der Waals surface area contributed by atoms with Gasteiger partial charge in [-0.05, 0) is 49.4 Å². The Hall–Kier alpha value is -3.27. The smallest absolute Gasteiger partial charge is 0.248 e. The fraction of sp³-hybridized carbons (Fsp3) is 0.370. The first-order valence-corrected chi connectivity index (χ1v) is 12.7. The molecule has 1 aliphatic carbocycles. The molecule has 2 aliphatic rings. The van der Waals surface area contributed by atoms with Gasteiger partial charge in [-0.3, -0.25) is 9.69 Å². The predicted octanol–water partition coefficient (Wildman–Crippen LogP) is 5.17. The summed E-state index contributed by atoms with van der Waals surface area (Å²) < 4.78 is 24.9. The Morgan fingerprint density at radius 3 is 2.81 bits per heavy atom. The lowest BCUT2D eigenvalue weighted by Crippen LogP contribution is -2.50. The van der Waals surface area contributed by atoms with Crippen LogP contribution in [0.4, 0.5) is 21.6 Å². The summed E-state index contributed by atoms with van der Waals surface area (Å²) in [5, 5.41) is 6.79. The molecule has 2 heterocycles. The quantitative estimate of drug-likeness (QED) is 0.334. The molecular weight excluding hydrogens is 497 g/mol. The van der Waals surface area contributed by atoms with Gasteiger partial charge < -0.3 is 20.1 Å². The number of nitrogens with zero attached hydrogens (tertiary/aromatic N) is 3. The van der Waals surface area contributed by atoms with Crippen molar-refractivity contribution in [3.05, 3.63) is 59.7 Å². The summed E-state index contributed by atoms with van der Waals surface area (Å²) in [6.45, 7) is 2.97. The molecule has 1 aliphatic heterocycles. The average Bonchev–Trinajstić information content (AvgIpc) is 3.70. The molecule has 0 spiro atoms. The molecule has 10 heteroatoms. The lowest BCUT2D eigenvalue weighted by Gasteiger charge is -2.39. The van der Waals surface area contributed by atoms with E-state index < -0.39 is 5.82 Å². The summed E-state index contributed by atoms with van der Waals surface area (Å²) in [7, 11) is 1.70. The molecule has 194 valence electrons. The first-order valence-electron chi connectivity index (χ1n) is 12.3. The van der Waals surface area contributed by atoms with Crippen molar-refractivity contribution < 1.29 is 18.7 Å². The molecule has 0 radical (unpaired) electrons. The van der Waals surface area contributed by atoms with Crippen LogP contribution in [0.3, 0.4) is 0 Å². The SMILES string of the molecule is COCC1CCN1CC=CC(=O)Nc1cc2c(Nc3ccc(F)c(Cl)c3)ncnc2cc1OCC1CC1. The number of fused-ring (bicyclic) bond motifs is 1. The zero-order valence-electron chi connectivity index (χ0n) is 20.5. The van der Waals surface area contributed by atoms with Crippen molar-refractivity contribution >= 4 is 45.6 Å². The van der Waals surface area contributed by atoms with Crippen molar-refractivity contribution in [1.82, 2.24) is 14.9 Å². The van der Waals surface area contributed by atoms with E-state index in [0.717, 1.165) is 25.8 Å². The largest absolute Gasteiger partial charge is 0.491 e. The van der Waals surface area contributed by atoms with Crippen LogP contribution in [-0.4, -0.2) is 60.2 Å². The number of ether oxygens (including phenoxy) is 2. The topological polar surface area (TPSA) is 88.6 Å². The van der Waals surface area contributed by atoms with Crippen LogP contribution in [-0.2, 0) is 9.53 Å². The van der Waals surface area contributed by atoms with Crippen molar-refractivity contribution in [1.29, 1.82) is 0 Å². The van der Waals surface area contributed by atoms with Crippen molar-refractivity contribution in [2.24, 2.45) is 5.92 Å². The predicted molar refractivity (Wildman–Crippen MR) is 142 cm³/mol. The number of anilines is 3. The van der Waals surface area contributed by atoms with Crippen LogP contribution in [0.1, 0.15) is 19.3 Å². The summed E-state index contributed by atoms with van der Waals surface area (Å²) in [4.78, 5) is 23.8. The number of rotatable bonds is 11. The maximum atomic E-state index is 13.6. The zero-order chi connectivity index (χ0) is 25.8. The van der Waals surface area contributed by atoms with E-state index in [2.05, 4.69) is 25.5 Å². The van der Waals surface area contributed by atoms with Crippen LogP contribution < -0.4 is 15.4 Å². The van der Waals surface area contributed by atoms with Crippen molar-refractivity contribution in [2.45, 2.75) is 25.3 Å². The molecule has 1 atom stereocenters. The minimum Gasteiger partial charge on any atom is -0.491 e. The second-order valence-corrected chi connectivity index (χ2v) is 9.79. The number of halogens is 2. The van der Waals surface area contributed by atoms with E-state index in [1.165, 1.54) is 24.5 Å². The lowest BCUT2D eigenvalue weighted by atomic mass is 10.0. The Bertz CT molecular complexity index is 1320. The second-order valence-electron chi connectivity index (χ2n) is 9.38. The summed E-state index contributed by atoms with van der Waals surface area (Å²) >= 11 is 5.94. The van der Waals surface area contributed by atoms with E-state index >= 15 is 0 Å². The molecule has 5 rings (SSSR count). The van der Waals surface area contributed by atoms with Crippen LogP contribution in [0, 0.1) is 11.7 Å². The van der Waals surface area contributed by atoms with E-state index in [-0.39, 0.29) is 10.9 Å². The van der Waals surface area contributed by atoms with Gasteiger partial charge in [-0.15, -0.1) is 0 Å². The molecule has 2 fully saturated rings. The summed E-state index contributed by atoms with van der Waals surface area (Å²) in [6.07, 6.45) is 8.24. The van der Waals surface area contributed by atoms with Gasteiger partial charge >= 0.3 is 0 Å². The van der Waals surface area contributed by atoms with E-state index in [1.807, 2.05) is 6.08 Å². The number of likely N-dealkylation sites (tertiary alicyclic amines) is 1. The standard InChI is InChI=1S/C27H29ClFN5O3/c1-36-15-19-8-10-34(19)9-2-3-26(35)33-24-12-20-23(13-25(24)37-14-17-4-5-17)30-16-31-27(20)32-18-6-7-22(29)21(28)11-18/h2-3,6-7,11-13,16-17,19H,4-5,8-10,14-15H2,1H3,(H,33,35)(H,30,31,32). The number of benzene rings is 2. The molecule has 2 aromatic carbocycles. The lowest BCUT2D eigenvalue weighted by molar-refractivity contribution is -0.111. The number of hydrogen-bond donors (Lipinski definition) is 2. The van der Waals surface area contributed by atoms with Gasteiger partial charge in [0.15, 0.2) is 0 Å². The third kappa shape index (κ3) is 6.36. The fourth-order valence-electron chi connectivity index (χ4n) is 4.19. The molecule has 37 heavy (non-hydrogen) atoms. The van der Waals surface area contributed by atoms with E-state index in [0.29, 0.717) is 65.6 Å². The molecule has 1 amide bonds. The number of carbonyl (C=O) groups is 1. The van der Waals surface area contributed by atoms with Gasteiger partial charge in [0.05, 0.1) is 29.4 Å². The normalized spacial score (nSPS) is 17.6. The Morgan fingerprint density at radius 2 is 2.08 bits per heavy atom. The molecule has 1 saturated heterocycles. The van der Waals surface area contributed by atoms with Crippen LogP contribution >= 0.6 is 11.6 Å². The maximum absolute atomic E-state index is 13.6. The Balaban J connectivity index is 1.36. The van der Waals surface area contributed by atoms with Crippen LogP contribution in [0.5, 0.6) is 5.75 Å².